The molecule has 1 aromatic heterocycles. The number of ether oxygens (including phenoxy) is 1. The van der Waals surface area contributed by atoms with E-state index < -0.39 is 0 Å². The van der Waals surface area contributed by atoms with Crippen molar-refractivity contribution in [1.82, 2.24) is 9.97 Å². The van der Waals surface area contributed by atoms with Gasteiger partial charge in [-0.2, -0.15) is 4.98 Å². The first-order chi connectivity index (χ1) is 10.8. The van der Waals surface area contributed by atoms with E-state index in [1.54, 1.807) is 7.11 Å². The first-order valence-electron chi connectivity index (χ1n) is 7.74. The molecule has 2 N–H and O–H groups in total. The molecule has 5 nitrogen and oxygen atoms in total. The highest BCUT2D eigenvalue weighted by molar-refractivity contribution is 5.64. The fraction of sp³-hybridized carbons (Fsp3) is 0.412. The third kappa shape index (κ3) is 5.00. The van der Waals surface area contributed by atoms with E-state index >= 15 is 0 Å². The normalized spacial score (nSPS) is 10.5. The molecular formula is C17H24N4O. The first kappa shape index (κ1) is 16.2. The van der Waals surface area contributed by atoms with Gasteiger partial charge in [0.15, 0.2) is 0 Å². The molecule has 0 saturated heterocycles. The topological polar surface area (TPSA) is 59.1 Å². The smallest absolute Gasteiger partial charge is 0.225 e. The van der Waals surface area contributed by atoms with Crippen molar-refractivity contribution in [3.63, 3.8) is 0 Å². The van der Waals surface area contributed by atoms with Crippen molar-refractivity contribution in [2.75, 3.05) is 37.4 Å². The van der Waals surface area contributed by atoms with Crippen LogP contribution in [-0.2, 0) is 4.74 Å². The minimum absolute atomic E-state index is 0.623. The Kier molecular flexibility index (Phi) is 6.64. The van der Waals surface area contributed by atoms with Gasteiger partial charge in [-0.15, -0.1) is 0 Å². The van der Waals surface area contributed by atoms with E-state index in [2.05, 4.69) is 39.7 Å². The van der Waals surface area contributed by atoms with Crippen molar-refractivity contribution < 1.29 is 4.74 Å². The molecule has 0 atom stereocenters. The molecule has 0 aliphatic rings. The Morgan fingerprint density at radius 3 is 2.59 bits per heavy atom. The van der Waals surface area contributed by atoms with Gasteiger partial charge < -0.3 is 15.4 Å². The summed E-state index contributed by atoms with van der Waals surface area (Å²) in [6, 6.07) is 12.1. The predicted molar refractivity (Wildman–Crippen MR) is 91.2 cm³/mol. The Bertz CT molecular complexity index is 532. The summed E-state index contributed by atoms with van der Waals surface area (Å²) in [4.78, 5) is 9.10. The van der Waals surface area contributed by atoms with Crippen molar-refractivity contribution in [3.8, 4) is 11.3 Å². The highest BCUT2D eigenvalue weighted by atomic mass is 16.5. The summed E-state index contributed by atoms with van der Waals surface area (Å²) in [7, 11) is 1.68. The lowest BCUT2D eigenvalue weighted by atomic mass is 10.1. The number of benzene rings is 1. The number of aromatic nitrogens is 2. The van der Waals surface area contributed by atoms with Crippen molar-refractivity contribution in [2.24, 2.45) is 0 Å². The average Bonchev–Trinajstić information content (AvgIpc) is 2.56. The van der Waals surface area contributed by atoms with E-state index in [9.17, 15) is 0 Å². The van der Waals surface area contributed by atoms with Crippen LogP contribution in [0.4, 0.5) is 11.8 Å². The zero-order chi connectivity index (χ0) is 15.6. The van der Waals surface area contributed by atoms with Crippen molar-refractivity contribution in [2.45, 2.75) is 19.8 Å². The second-order valence-electron chi connectivity index (χ2n) is 5.03. The summed E-state index contributed by atoms with van der Waals surface area (Å²) >= 11 is 0. The van der Waals surface area contributed by atoms with Crippen molar-refractivity contribution in [1.29, 1.82) is 0 Å². The van der Waals surface area contributed by atoms with Gasteiger partial charge in [0.05, 0.1) is 12.3 Å². The third-order valence-corrected chi connectivity index (χ3v) is 3.22. The van der Waals surface area contributed by atoms with Crippen molar-refractivity contribution in [3.05, 3.63) is 36.4 Å². The summed E-state index contributed by atoms with van der Waals surface area (Å²) in [5.41, 5.74) is 1.99. The van der Waals surface area contributed by atoms with Crippen LogP contribution in [0.15, 0.2) is 36.4 Å². The largest absolute Gasteiger partial charge is 0.383 e. The molecule has 2 rings (SSSR count). The van der Waals surface area contributed by atoms with E-state index in [-0.39, 0.29) is 0 Å². The van der Waals surface area contributed by atoms with Crippen LogP contribution in [0.25, 0.3) is 11.3 Å². The van der Waals surface area contributed by atoms with E-state index in [4.69, 9.17) is 4.74 Å². The zero-order valence-corrected chi connectivity index (χ0v) is 13.3. The Hall–Kier alpha value is -2.14. The molecule has 0 aliphatic carbocycles. The molecule has 0 radical (unpaired) electrons. The van der Waals surface area contributed by atoms with Gasteiger partial charge in [0.2, 0.25) is 5.95 Å². The SMILES string of the molecule is CCCCNc1cc(-c2ccccc2)nc(NCCOC)n1. The lowest BCUT2D eigenvalue weighted by Crippen LogP contribution is -2.12. The van der Waals surface area contributed by atoms with Gasteiger partial charge in [-0.05, 0) is 6.42 Å². The maximum Gasteiger partial charge on any atom is 0.225 e. The summed E-state index contributed by atoms with van der Waals surface area (Å²) in [6.45, 7) is 4.40. The maximum absolute atomic E-state index is 5.05. The van der Waals surface area contributed by atoms with Gasteiger partial charge in [-0.3, -0.25) is 0 Å². The Labute approximate surface area is 132 Å². The molecule has 22 heavy (non-hydrogen) atoms. The molecule has 0 bridgehead atoms. The molecule has 118 valence electrons. The van der Waals surface area contributed by atoms with E-state index in [0.717, 1.165) is 36.5 Å². The van der Waals surface area contributed by atoms with Gasteiger partial charge in [0.1, 0.15) is 5.82 Å². The van der Waals surface area contributed by atoms with Gasteiger partial charge in [-0.25, -0.2) is 4.98 Å². The zero-order valence-electron chi connectivity index (χ0n) is 13.3. The lowest BCUT2D eigenvalue weighted by Gasteiger charge is -2.11. The van der Waals surface area contributed by atoms with Crippen LogP contribution < -0.4 is 10.6 Å². The standard InChI is InChI=1S/C17H24N4O/c1-3-4-10-18-16-13-15(14-8-6-5-7-9-14)20-17(21-16)19-11-12-22-2/h5-9,13H,3-4,10-12H2,1-2H3,(H2,18,19,20,21). The molecule has 0 aliphatic heterocycles. The number of hydrogen-bond acceptors (Lipinski definition) is 5. The van der Waals surface area contributed by atoms with Gasteiger partial charge in [-0.1, -0.05) is 43.7 Å². The van der Waals surface area contributed by atoms with E-state index in [1.807, 2.05) is 24.3 Å². The van der Waals surface area contributed by atoms with Crippen LogP contribution in [-0.4, -0.2) is 36.8 Å². The molecule has 0 spiro atoms. The number of anilines is 2. The summed E-state index contributed by atoms with van der Waals surface area (Å²) in [5.74, 6) is 1.47. The van der Waals surface area contributed by atoms with Crippen LogP contribution in [0.5, 0.6) is 0 Å². The number of nitrogens with one attached hydrogen (secondary N) is 2. The van der Waals surface area contributed by atoms with Crippen LogP contribution in [0.1, 0.15) is 19.8 Å². The monoisotopic (exact) mass is 300 g/mol. The van der Waals surface area contributed by atoms with Gasteiger partial charge in [0.25, 0.3) is 0 Å². The Balaban J connectivity index is 2.19. The third-order valence-electron chi connectivity index (χ3n) is 3.22. The fourth-order valence-electron chi connectivity index (χ4n) is 2.03. The molecular weight excluding hydrogens is 276 g/mol. The molecule has 0 saturated carbocycles. The van der Waals surface area contributed by atoms with Crippen LogP contribution in [0.2, 0.25) is 0 Å². The number of nitrogens with zero attached hydrogens (tertiary/aromatic N) is 2. The number of unbranched alkanes of at least 4 members (excludes halogenated alkanes) is 1. The van der Waals surface area contributed by atoms with Crippen LogP contribution >= 0.6 is 0 Å². The molecule has 0 unspecified atom stereocenters. The number of hydrogen-bond donors (Lipinski definition) is 2. The molecule has 1 heterocycles. The van der Waals surface area contributed by atoms with Crippen LogP contribution in [0, 0.1) is 0 Å². The van der Waals surface area contributed by atoms with E-state index in [0.29, 0.717) is 19.1 Å². The Morgan fingerprint density at radius 2 is 1.86 bits per heavy atom. The second kappa shape index (κ2) is 9.00. The van der Waals surface area contributed by atoms with Crippen molar-refractivity contribution >= 4 is 11.8 Å². The average molecular weight is 300 g/mol. The Morgan fingerprint density at radius 1 is 1.05 bits per heavy atom. The molecule has 5 heteroatoms. The molecule has 0 fully saturated rings. The fourth-order valence-corrected chi connectivity index (χ4v) is 2.03. The number of rotatable bonds is 9. The predicted octanol–water partition coefficient (Wildman–Crippen LogP) is 3.41. The minimum Gasteiger partial charge on any atom is -0.383 e. The van der Waals surface area contributed by atoms with E-state index in [1.165, 1.54) is 0 Å². The summed E-state index contributed by atoms with van der Waals surface area (Å²) < 4.78 is 5.05. The highest BCUT2D eigenvalue weighted by Crippen LogP contribution is 2.21. The molecule has 1 aromatic carbocycles. The summed E-state index contributed by atoms with van der Waals surface area (Å²) in [6.07, 6.45) is 2.28. The summed E-state index contributed by atoms with van der Waals surface area (Å²) in [5, 5.41) is 6.56. The maximum atomic E-state index is 5.05. The minimum atomic E-state index is 0.623. The first-order valence-corrected chi connectivity index (χ1v) is 7.74. The lowest BCUT2D eigenvalue weighted by molar-refractivity contribution is 0.210. The second-order valence-corrected chi connectivity index (χ2v) is 5.03. The molecule has 2 aromatic rings. The molecule has 0 amide bonds. The quantitative estimate of drug-likeness (QED) is 0.695. The van der Waals surface area contributed by atoms with Gasteiger partial charge >= 0.3 is 0 Å². The number of methoxy groups -OCH3 is 1. The van der Waals surface area contributed by atoms with Crippen LogP contribution in [0.3, 0.4) is 0 Å². The highest BCUT2D eigenvalue weighted by Gasteiger charge is 2.06. The van der Waals surface area contributed by atoms with Gasteiger partial charge in [0, 0.05) is 31.8 Å².